The van der Waals surface area contributed by atoms with Crippen molar-refractivity contribution in [1.29, 1.82) is 0 Å². The number of carbonyl (C=O) groups is 2. The SMILES string of the molecule is CC1=Cc2cc3[nH]c(cc3C)cc3[nH]c4cc5nc(cc1n2)C(C)=C5CCC(=O)OCCCOC(=O)CCc4c3C. The first kappa shape index (κ1) is 26.7. The highest BCUT2D eigenvalue weighted by atomic mass is 16.5. The topological polar surface area (TPSA) is 110 Å². The van der Waals surface area contributed by atoms with Gasteiger partial charge in [0.25, 0.3) is 0 Å². The molecule has 0 atom stereocenters. The number of aryl methyl sites for hydroxylation is 3. The van der Waals surface area contributed by atoms with Gasteiger partial charge in [-0.05, 0) is 110 Å². The minimum Gasteiger partial charge on any atom is -0.466 e. The van der Waals surface area contributed by atoms with E-state index in [2.05, 4.69) is 55.0 Å². The fourth-order valence-corrected chi connectivity index (χ4v) is 5.68. The summed E-state index contributed by atoms with van der Waals surface area (Å²) in [5.41, 5.74) is 13.6. The van der Waals surface area contributed by atoms with Gasteiger partial charge in [-0.15, -0.1) is 0 Å². The highest BCUT2D eigenvalue weighted by molar-refractivity contribution is 5.94. The number of allylic oxidation sites excluding steroid dienone is 3. The zero-order valence-electron chi connectivity index (χ0n) is 23.9. The van der Waals surface area contributed by atoms with Gasteiger partial charge in [-0.25, -0.2) is 9.97 Å². The Hall–Kier alpha value is -4.46. The van der Waals surface area contributed by atoms with Gasteiger partial charge in [-0.2, -0.15) is 0 Å². The average molecular weight is 551 g/mol. The second-order valence-corrected chi connectivity index (χ2v) is 11.0. The fourth-order valence-electron chi connectivity index (χ4n) is 5.68. The van der Waals surface area contributed by atoms with E-state index in [4.69, 9.17) is 19.4 Å². The maximum Gasteiger partial charge on any atom is 0.306 e. The Kier molecular flexibility index (Phi) is 7.07. The van der Waals surface area contributed by atoms with E-state index in [1.807, 2.05) is 19.1 Å². The first-order valence-electron chi connectivity index (χ1n) is 14.2. The van der Waals surface area contributed by atoms with Crippen LogP contribution in [0, 0.1) is 13.8 Å². The van der Waals surface area contributed by atoms with Crippen LogP contribution in [-0.2, 0) is 25.5 Å². The maximum absolute atomic E-state index is 12.5. The van der Waals surface area contributed by atoms with Crippen LogP contribution in [0.1, 0.15) is 79.0 Å². The summed E-state index contributed by atoms with van der Waals surface area (Å²) in [6.45, 7) is 8.72. The lowest BCUT2D eigenvalue weighted by molar-refractivity contribution is -0.146. The number of hydrogen-bond acceptors (Lipinski definition) is 6. The second-order valence-electron chi connectivity index (χ2n) is 11.0. The molecule has 6 heterocycles. The Morgan fingerprint density at radius 2 is 1.46 bits per heavy atom. The van der Waals surface area contributed by atoms with Crippen LogP contribution in [-0.4, -0.2) is 45.1 Å². The molecule has 3 aromatic rings. The zero-order chi connectivity index (χ0) is 28.7. The van der Waals surface area contributed by atoms with E-state index in [1.54, 1.807) is 0 Å². The van der Waals surface area contributed by atoms with Crippen LogP contribution in [0.3, 0.4) is 0 Å². The van der Waals surface area contributed by atoms with Gasteiger partial charge in [0, 0.05) is 41.3 Å². The van der Waals surface area contributed by atoms with E-state index in [0.717, 1.165) is 78.3 Å². The lowest BCUT2D eigenvalue weighted by Crippen LogP contribution is -2.11. The number of H-pyrrole nitrogens is 2. The van der Waals surface area contributed by atoms with Crippen LogP contribution in [0.2, 0.25) is 0 Å². The molecule has 0 fully saturated rings. The molecule has 0 saturated heterocycles. The van der Waals surface area contributed by atoms with Gasteiger partial charge in [-0.1, -0.05) is 0 Å². The summed E-state index contributed by atoms with van der Waals surface area (Å²) in [4.78, 5) is 42.2. The Morgan fingerprint density at radius 3 is 2.24 bits per heavy atom. The van der Waals surface area contributed by atoms with Crippen molar-refractivity contribution in [3.8, 4) is 0 Å². The number of aromatic amines is 2. The van der Waals surface area contributed by atoms with Crippen molar-refractivity contribution in [3.63, 3.8) is 0 Å². The monoisotopic (exact) mass is 550 g/mol. The summed E-state index contributed by atoms with van der Waals surface area (Å²) < 4.78 is 10.8. The maximum atomic E-state index is 12.5. The summed E-state index contributed by atoms with van der Waals surface area (Å²) in [5.74, 6) is -0.544. The summed E-state index contributed by atoms with van der Waals surface area (Å²) >= 11 is 0. The molecule has 3 aliphatic rings. The van der Waals surface area contributed by atoms with E-state index in [0.29, 0.717) is 19.3 Å². The van der Waals surface area contributed by atoms with Crippen LogP contribution in [0.5, 0.6) is 0 Å². The van der Waals surface area contributed by atoms with Crippen molar-refractivity contribution in [2.24, 2.45) is 0 Å². The molecule has 0 radical (unpaired) electrons. The number of ether oxygens (including phenoxy) is 2. The molecule has 8 nitrogen and oxygen atoms in total. The number of nitrogens with one attached hydrogen (secondary N) is 2. The Morgan fingerprint density at radius 1 is 0.707 bits per heavy atom. The molecule has 2 N–H and O–H groups in total. The molecule has 8 heteroatoms. The number of cyclic esters (lactones) is 2. The number of carbonyl (C=O) groups excluding carboxylic acids is 2. The number of nitrogens with zero attached hydrogens (tertiary/aromatic N) is 2. The first-order chi connectivity index (χ1) is 19.7. The van der Waals surface area contributed by atoms with E-state index >= 15 is 0 Å². The molecule has 6 rings (SSSR count). The third-order valence-electron chi connectivity index (χ3n) is 8.05. The third-order valence-corrected chi connectivity index (χ3v) is 8.05. The van der Waals surface area contributed by atoms with E-state index < -0.39 is 0 Å². The molecule has 210 valence electrons. The molecular formula is C33H34N4O4. The molecule has 0 aliphatic carbocycles. The van der Waals surface area contributed by atoms with Crippen molar-refractivity contribution in [2.75, 3.05) is 13.2 Å². The minimum atomic E-state index is -0.277. The third kappa shape index (κ3) is 5.46. The predicted molar refractivity (Wildman–Crippen MR) is 161 cm³/mol. The number of esters is 2. The van der Waals surface area contributed by atoms with E-state index in [9.17, 15) is 9.59 Å². The van der Waals surface area contributed by atoms with Gasteiger partial charge in [0.1, 0.15) is 0 Å². The molecule has 0 saturated carbocycles. The van der Waals surface area contributed by atoms with Crippen LogP contribution >= 0.6 is 0 Å². The number of fused-ring (bicyclic) bond motifs is 6. The van der Waals surface area contributed by atoms with Gasteiger partial charge in [0.15, 0.2) is 0 Å². The molecule has 3 aromatic heterocycles. The lowest BCUT2D eigenvalue weighted by atomic mass is 10.00. The smallest absolute Gasteiger partial charge is 0.306 e. The van der Waals surface area contributed by atoms with E-state index in [1.165, 1.54) is 0 Å². The minimum absolute atomic E-state index is 0.226. The summed E-state index contributed by atoms with van der Waals surface area (Å²) in [5, 5.41) is 0. The van der Waals surface area contributed by atoms with Crippen LogP contribution in [0.4, 0.5) is 0 Å². The van der Waals surface area contributed by atoms with Crippen molar-refractivity contribution >= 4 is 56.8 Å². The average Bonchev–Trinajstić information content (AvgIpc) is 3.62. The molecular weight excluding hydrogens is 516 g/mol. The molecule has 0 amide bonds. The van der Waals surface area contributed by atoms with E-state index in [-0.39, 0.29) is 38.0 Å². The Bertz CT molecular complexity index is 1800. The van der Waals surface area contributed by atoms with Crippen LogP contribution < -0.4 is 0 Å². The largest absolute Gasteiger partial charge is 0.466 e. The highest BCUT2D eigenvalue weighted by Gasteiger charge is 2.21. The normalized spacial score (nSPS) is 16.6. The van der Waals surface area contributed by atoms with Crippen molar-refractivity contribution in [1.82, 2.24) is 19.9 Å². The predicted octanol–water partition coefficient (Wildman–Crippen LogP) is 6.63. The molecule has 8 bridgehead atoms. The molecule has 3 aliphatic heterocycles. The molecule has 0 spiro atoms. The molecule has 0 unspecified atom stereocenters. The van der Waals surface area contributed by atoms with Gasteiger partial charge in [0.2, 0.25) is 0 Å². The Labute approximate surface area is 238 Å². The fraction of sp³-hybridized carbons (Fsp3) is 0.333. The van der Waals surface area contributed by atoms with Crippen LogP contribution in [0.15, 0.2) is 30.3 Å². The number of rotatable bonds is 0. The highest BCUT2D eigenvalue weighted by Crippen LogP contribution is 2.35. The van der Waals surface area contributed by atoms with Gasteiger partial charge >= 0.3 is 11.9 Å². The van der Waals surface area contributed by atoms with Crippen LogP contribution in [0.25, 0.3) is 44.9 Å². The molecule has 0 aromatic carbocycles. The standard InChI is InChI=1S/C33H34N4O4/c1-18-12-23-15-28-20(3)24-6-8-32(38)40-10-5-11-41-33(39)9-7-25-21(4)29(37-31(25)17-30(24)36-28)16-27-19(2)13-22(35-27)14-26(18)34-23/h12-17,34,36H,5-11H2,1-4H3. The summed E-state index contributed by atoms with van der Waals surface area (Å²) in [6.07, 6.45) is 4.10. The van der Waals surface area contributed by atoms with Gasteiger partial charge in [0.05, 0.1) is 36.0 Å². The van der Waals surface area contributed by atoms with Gasteiger partial charge in [-0.3, -0.25) is 9.59 Å². The number of aromatic nitrogens is 4. The second kappa shape index (κ2) is 10.8. The van der Waals surface area contributed by atoms with Crippen molar-refractivity contribution < 1.29 is 19.1 Å². The van der Waals surface area contributed by atoms with Crippen molar-refractivity contribution in [3.05, 3.63) is 69.8 Å². The number of hydrogen-bond donors (Lipinski definition) is 2. The quantitative estimate of drug-likeness (QED) is 0.304. The first-order valence-corrected chi connectivity index (χ1v) is 14.2. The Balaban J connectivity index is 1.64. The van der Waals surface area contributed by atoms with Crippen molar-refractivity contribution in [2.45, 2.75) is 59.8 Å². The zero-order valence-corrected chi connectivity index (χ0v) is 23.9. The summed E-state index contributed by atoms with van der Waals surface area (Å²) in [7, 11) is 0. The van der Waals surface area contributed by atoms with Gasteiger partial charge < -0.3 is 19.4 Å². The lowest BCUT2D eigenvalue weighted by Gasteiger charge is -2.09. The summed E-state index contributed by atoms with van der Waals surface area (Å²) in [6, 6.07) is 10.4. The molecule has 41 heavy (non-hydrogen) atoms.